The quantitative estimate of drug-likeness (QED) is 0.872. The molecule has 0 aromatic heterocycles. The van der Waals surface area contributed by atoms with Crippen molar-refractivity contribution in [3.05, 3.63) is 35.4 Å². The molecule has 4 heteroatoms. The normalized spacial score (nSPS) is 17.2. The largest absolute Gasteiger partial charge is 0.478 e. The number of carboxylic acids is 1. The third-order valence-corrected chi connectivity index (χ3v) is 3.69. The van der Waals surface area contributed by atoms with Gasteiger partial charge in [-0.2, -0.15) is 11.8 Å². The Morgan fingerprint density at radius 2 is 2.00 bits per heavy atom. The average Bonchev–Trinajstić information content (AvgIpc) is 2.31. The van der Waals surface area contributed by atoms with Gasteiger partial charge in [-0.3, -0.25) is 4.90 Å². The Labute approximate surface area is 99.5 Å². The van der Waals surface area contributed by atoms with Crippen LogP contribution in [0.5, 0.6) is 0 Å². The SMILES string of the molecule is O=C(O)c1ccccc1CN1CCSCC1. The molecule has 3 nitrogen and oxygen atoms in total. The molecule has 1 aromatic rings. The van der Waals surface area contributed by atoms with Gasteiger partial charge in [0.1, 0.15) is 0 Å². The van der Waals surface area contributed by atoms with Crippen molar-refractivity contribution in [1.29, 1.82) is 0 Å². The van der Waals surface area contributed by atoms with Crippen LogP contribution in [0.15, 0.2) is 24.3 Å². The number of nitrogens with zero attached hydrogens (tertiary/aromatic N) is 1. The van der Waals surface area contributed by atoms with Crippen molar-refractivity contribution >= 4 is 17.7 Å². The maximum absolute atomic E-state index is 11.0. The highest BCUT2D eigenvalue weighted by atomic mass is 32.2. The molecule has 16 heavy (non-hydrogen) atoms. The molecule has 1 aromatic carbocycles. The van der Waals surface area contributed by atoms with Crippen LogP contribution in [0.4, 0.5) is 0 Å². The summed E-state index contributed by atoms with van der Waals surface area (Å²) in [6.07, 6.45) is 0. The summed E-state index contributed by atoms with van der Waals surface area (Å²) in [5, 5.41) is 9.07. The van der Waals surface area contributed by atoms with Crippen LogP contribution in [0.1, 0.15) is 15.9 Å². The molecule has 1 aliphatic rings. The van der Waals surface area contributed by atoms with Gasteiger partial charge in [0.05, 0.1) is 5.56 Å². The van der Waals surface area contributed by atoms with Gasteiger partial charge < -0.3 is 5.11 Å². The Bertz CT molecular complexity index is 375. The first-order valence-electron chi connectivity index (χ1n) is 5.38. The smallest absolute Gasteiger partial charge is 0.336 e. The first kappa shape index (κ1) is 11.5. The third kappa shape index (κ3) is 2.77. The molecule has 0 amide bonds. The van der Waals surface area contributed by atoms with Crippen LogP contribution in [0.2, 0.25) is 0 Å². The van der Waals surface area contributed by atoms with Gasteiger partial charge in [-0.15, -0.1) is 0 Å². The summed E-state index contributed by atoms with van der Waals surface area (Å²) in [5.74, 6) is 1.46. The predicted molar refractivity (Wildman–Crippen MR) is 66.0 cm³/mol. The van der Waals surface area contributed by atoms with Crippen LogP contribution in [0.3, 0.4) is 0 Å². The van der Waals surface area contributed by atoms with Crippen molar-refractivity contribution in [3.63, 3.8) is 0 Å². The molecule has 2 rings (SSSR count). The Hall–Kier alpha value is -1.00. The summed E-state index contributed by atoms with van der Waals surface area (Å²) in [4.78, 5) is 13.4. The number of carboxylic acid groups (broad SMARTS) is 1. The lowest BCUT2D eigenvalue weighted by Crippen LogP contribution is -2.32. The lowest BCUT2D eigenvalue weighted by Gasteiger charge is -2.26. The van der Waals surface area contributed by atoms with Crippen LogP contribution in [-0.2, 0) is 6.54 Å². The standard InChI is InChI=1S/C12H15NO2S/c14-12(15)11-4-2-1-3-10(11)9-13-5-7-16-8-6-13/h1-4H,5-9H2,(H,14,15). The van der Waals surface area contributed by atoms with Crippen molar-refractivity contribution in [3.8, 4) is 0 Å². The fraction of sp³-hybridized carbons (Fsp3) is 0.417. The number of aromatic carboxylic acids is 1. The van der Waals surface area contributed by atoms with E-state index in [4.69, 9.17) is 5.11 Å². The van der Waals surface area contributed by atoms with Crippen molar-refractivity contribution in [2.24, 2.45) is 0 Å². The number of hydrogen-bond acceptors (Lipinski definition) is 3. The lowest BCUT2D eigenvalue weighted by molar-refractivity contribution is 0.0694. The monoisotopic (exact) mass is 237 g/mol. The zero-order chi connectivity index (χ0) is 11.4. The second kappa shape index (κ2) is 5.37. The topological polar surface area (TPSA) is 40.5 Å². The molecule has 0 spiro atoms. The highest BCUT2D eigenvalue weighted by molar-refractivity contribution is 7.99. The minimum atomic E-state index is -0.831. The second-order valence-electron chi connectivity index (χ2n) is 3.85. The summed E-state index contributed by atoms with van der Waals surface area (Å²) >= 11 is 1.96. The highest BCUT2D eigenvalue weighted by Gasteiger charge is 2.14. The number of thioether (sulfide) groups is 1. The van der Waals surface area contributed by atoms with E-state index < -0.39 is 5.97 Å². The van der Waals surface area contributed by atoms with Crippen molar-refractivity contribution < 1.29 is 9.90 Å². The van der Waals surface area contributed by atoms with Gasteiger partial charge in [0.2, 0.25) is 0 Å². The van der Waals surface area contributed by atoms with E-state index in [1.807, 2.05) is 23.9 Å². The van der Waals surface area contributed by atoms with Crippen molar-refractivity contribution in [1.82, 2.24) is 4.90 Å². The van der Waals surface area contributed by atoms with E-state index in [0.29, 0.717) is 5.56 Å². The summed E-state index contributed by atoms with van der Waals surface area (Å²) in [6.45, 7) is 2.86. The van der Waals surface area contributed by atoms with Gasteiger partial charge >= 0.3 is 5.97 Å². The molecule has 1 N–H and O–H groups in total. The molecule has 0 aliphatic carbocycles. The molecule has 0 atom stereocenters. The Kier molecular flexibility index (Phi) is 3.85. The van der Waals surface area contributed by atoms with E-state index in [2.05, 4.69) is 4.90 Å². The van der Waals surface area contributed by atoms with Crippen LogP contribution in [-0.4, -0.2) is 40.6 Å². The van der Waals surface area contributed by atoms with Crippen molar-refractivity contribution in [2.45, 2.75) is 6.54 Å². The highest BCUT2D eigenvalue weighted by Crippen LogP contribution is 2.15. The molecule has 86 valence electrons. The van der Waals surface area contributed by atoms with Gasteiger partial charge in [-0.1, -0.05) is 18.2 Å². The van der Waals surface area contributed by atoms with E-state index in [1.54, 1.807) is 12.1 Å². The molecular formula is C12H15NO2S. The van der Waals surface area contributed by atoms with Gasteiger partial charge in [0.25, 0.3) is 0 Å². The first-order chi connectivity index (χ1) is 7.77. The molecule has 1 fully saturated rings. The minimum Gasteiger partial charge on any atom is -0.478 e. The minimum absolute atomic E-state index is 0.431. The van der Waals surface area contributed by atoms with E-state index in [0.717, 1.165) is 36.7 Å². The zero-order valence-electron chi connectivity index (χ0n) is 9.06. The molecule has 1 heterocycles. The van der Waals surface area contributed by atoms with Gasteiger partial charge in [-0.25, -0.2) is 4.79 Å². The van der Waals surface area contributed by atoms with Gasteiger partial charge in [-0.05, 0) is 11.6 Å². The molecule has 1 saturated heterocycles. The Morgan fingerprint density at radius 3 is 2.69 bits per heavy atom. The van der Waals surface area contributed by atoms with Crippen LogP contribution in [0.25, 0.3) is 0 Å². The van der Waals surface area contributed by atoms with Gasteiger partial charge in [0, 0.05) is 31.1 Å². The van der Waals surface area contributed by atoms with E-state index in [9.17, 15) is 4.79 Å². The summed E-state index contributed by atoms with van der Waals surface area (Å²) in [6, 6.07) is 7.26. The molecule has 0 bridgehead atoms. The fourth-order valence-electron chi connectivity index (χ4n) is 1.87. The van der Waals surface area contributed by atoms with E-state index in [1.165, 1.54) is 0 Å². The number of carbonyl (C=O) groups is 1. The predicted octanol–water partition coefficient (Wildman–Crippen LogP) is 1.93. The maximum atomic E-state index is 11.0. The maximum Gasteiger partial charge on any atom is 0.336 e. The molecule has 0 unspecified atom stereocenters. The van der Waals surface area contributed by atoms with E-state index >= 15 is 0 Å². The first-order valence-corrected chi connectivity index (χ1v) is 6.54. The zero-order valence-corrected chi connectivity index (χ0v) is 9.87. The lowest BCUT2D eigenvalue weighted by atomic mass is 10.1. The van der Waals surface area contributed by atoms with E-state index in [-0.39, 0.29) is 0 Å². The summed E-state index contributed by atoms with van der Waals surface area (Å²) in [7, 11) is 0. The molecular weight excluding hydrogens is 222 g/mol. The number of rotatable bonds is 3. The number of benzene rings is 1. The fourth-order valence-corrected chi connectivity index (χ4v) is 2.85. The molecule has 0 radical (unpaired) electrons. The van der Waals surface area contributed by atoms with Crippen molar-refractivity contribution in [2.75, 3.05) is 24.6 Å². The summed E-state index contributed by atoms with van der Waals surface area (Å²) < 4.78 is 0. The van der Waals surface area contributed by atoms with Crippen LogP contribution >= 0.6 is 11.8 Å². The van der Waals surface area contributed by atoms with Crippen LogP contribution in [0, 0.1) is 0 Å². The molecule has 1 aliphatic heterocycles. The number of hydrogen-bond donors (Lipinski definition) is 1. The molecule has 0 saturated carbocycles. The second-order valence-corrected chi connectivity index (χ2v) is 5.08. The summed E-state index contributed by atoms with van der Waals surface area (Å²) in [5.41, 5.74) is 1.35. The van der Waals surface area contributed by atoms with Gasteiger partial charge in [0.15, 0.2) is 0 Å². The third-order valence-electron chi connectivity index (χ3n) is 2.75. The Morgan fingerprint density at radius 1 is 1.31 bits per heavy atom. The Balaban J connectivity index is 2.10. The van der Waals surface area contributed by atoms with Crippen LogP contribution < -0.4 is 0 Å². The average molecular weight is 237 g/mol.